The molecule has 3 heteroatoms. The van der Waals surface area contributed by atoms with E-state index in [0.717, 1.165) is 12.6 Å². The highest BCUT2D eigenvalue weighted by atomic mass is 15.2. The molecule has 1 fully saturated rings. The Morgan fingerprint density at radius 2 is 2.25 bits per heavy atom. The van der Waals surface area contributed by atoms with Crippen molar-refractivity contribution < 1.29 is 0 Å². The predicted octanol–water partition coefficient (Wildman–Crippen LogP) is 1.53. The van der Waals surface area contributed by atoms with Gasteiger partial charge in [-0.25, -0.2) is 0 Å². The van der Waals surface area contributed by atoms with Crippen molar-refractivity contribution >= 4 is 0 Å². The third-order valence-corrected chi connectivity index (χ3v) is 3.96. The van der Waals surface area contributed by atoms with Gasteiger partial charge >= 0.3 is 0 Å². The number of hydrogen-bond acceptors (Lipinski definition) is 3. The molecule has 1 aliphatic heterocycles. The molecule has 2 atom stereocenters. The monoisotopic (exact) mass is 227 g/mol. The molecular weight excluding hydrogens is 198 g/mol. The Morgan fingerprint density at radius 3 is 2.75 bits per heavy atom. The topological polar surface area (TPSA) is 32.5 Å². The number of likely N-dealkylation sites (tertiary alicyclic amines) is 1. The number of unbranched alkanes of at least 4 members (excludes halogenated alkanes) is 1. The first kappa shape index (κ1) is 13.9. The van der Waals surface area contributed by atoms with E-state index in [1.165, 1.54) is 45.2 Å². The predicted molar refractivity (Wildman–Crippen MR) is 70.6 cm³/mol. The minimum absolute atomic E-state index is 0.578. The van der Waals surface area contributed by atoms with Crippen molar-refractivity contribution in [3.05, 3.63) is 0 Å². The van der Waals surface area contributed by atoms with Crippen molar-refractivity contribution in [2.75, 3.05) is 33.7 Å². The number of nitrogens with two attached hydrogens (primary N) is 1. The first-order valence-corrected chi connectivity index (χ1v) is 6.79. The van der Waals surface area contributed by atoms with Gasteiger partial charge < -0.3 is 15.5 Å². The zero-order chi connectivity index (χ0) is 12.0. The maximum atomic E-state index is 5.87. The number of nitrogens with zero attached hydrogens (tertiary/aromatic N) is 2. The number of likely N-dealkylation sites (N-methyl/N-ethyl adjacent to an activating group) is 2. The van der Waals surface area contributed by atoms with Gasteiger partial charge in [-0.05, 0) is 39.9 Å². The molecule has 96 valence electrons. The molecule has 0 aromatic carbocycles. The second kappa shape index (κ2) is 7.25. The van der Waals surface area contributed by atoms with Crippen LogP contribution in [0, 0.1) is 0 Å². The quantitative estimate of drug-likeness (QED) is 0.716. The van der Waals surface area contributed by atoms with Crippen molar-refractivity contribution in [1.29, 1.82) is 0 Å². The van der Waals surface area contributed by atoms with E-state index in [-0.39, 0.29) is 0 Å². The van der Waals surface area contributed by atoms with E-state index in [0.29, 0.717) is 6.04 Å². The summed E-state index contributed by atoms with van der Waals surface area (Å²) in [7, 11) is 4.48. The van der Waals surface area contributed by atoms with E-state index < -0.39 is 0 Å². The zero-order valence-corrected chi connectivity index (χ0v) is 11.3. The Labute approximate surface area is 101 Å². The lowest BCUT2D eigenvalue weighted by Crippen LogP contribution is -2.44. The van der Waals surface area contributed by atoms with Crippen LogP contribution >= 0.6 is 0 Å². The van der Waals surface area contributed by atoms with Crippen molar-refractivity contribution in [1.82, 2.24) is 9.80 Å². The van der Waals surface area contributed by atoms with Gasteiger partial charge in [-0.2, -0.15) is 0 Å². The minimum Gasteiger partial charge on any atom is -0.329 e. The molecule has 0 bridgehead atoms. The van der Waals surface area contributed by atoms with E-state index in [4.69, 9.17) is 5.73 Å². The Hall–Kier alpha value is -0.120. The lowest BCUT2D eigenvalue weighted by atomic mass is 10.1. The lowest BCUT2D eigenvalue weighted by Gasteiger charge is -2.31. The Balaban J connectivity index is 2.33. The molecule has 3 nitrogen and oxygen atoms in total. The van der Waals surface area contributed by atoms with Crippen LogP contribution < -0.4 is 5.73 Å². The number of rotatable bonds is 7. The largest absolute Gasteiger partial charge is 0.329 e. The van der Waals surface area contributed by atoms with Crippen LogP contribution in [0.25, 0.3) is 0 Å². The molecule has 0 aromatic rings. The third kappa shape index (κ3) is 4.04. The minimum atomic E-state index is 0.578. The molecule has 1 saturated heterocycles. The van der Waals surface area contributed by atoms with Crippen LogP contribution in [0.15, 0.2) is 0 Å². The summed E-state index contributed by atoms with van der Waals surface area (Å²) in [6.07, 6.45) is 6.53. The summed E-state index contributed by atoms with van der Waals surface area (Å²) >= 11 is 0. The van der Waals surface area contributed by atoms with Gasteiger partial charge in [0.2, 0.25) is 0 Å². The van der Waals surface area contributed by atoms with Crippen LogP contribution in [0.3, 0.4) is 0 Å². The zero-order valence-electron chi connectivity index (χ0n) is 11.3. The Kier molecular flexibility index (Phi) is 6.32. The van der Waals surface area contributed by atoms with Gasteiger partial charge in [0.25, 0.3) is 0 Å². The first-order valence-electron chi connectivity index (χ1n) is 6.79. The van der Waals surface area contributed by atoms with Crippen LogP contribution in [0.2, 0.25) is 0 Å². The summed E-state index contributed by atoms with van der Waals surface area (Å²) in [4.78, 5) is 4.96. The molecule has 16 heavy (non-hydrogen) atoms. The third-order valence-electron chi connectivity index (χ3n) is 3.96. The fourth-order valence-corrected chi connectivity index (χ4v) is 2.65. The van der Waals surface area contributed by atoms with Crippen LogP contribution in [-0.4, -0.2) is 55.6 Å². The molecule has 0 spiro atoms. The van der Waals surface area contributed by atoms with E-state index in [9.17, 15) is 0 Å². The number of hydrogen-bond donors (Lipinski definition) is 1. The van der Waals surface area contributed by atoms with Gasteiger partial charge in [0.15, 0.2) is 0 Å². The highest BCUT2D eigenvalue weighted by molar-refractivity contribution is 4.81. The van der Waals surface area contributed by atoms with Gasteiger partial charge in [0.05, 0.1) is 0 Å². The first-order chi connectivity index (χ1) is 7.69. The van der Waals surface area contributed by atoms with Gasteiger partial charge in [-0.1, -0.05) is 19.8 Å². The normalized spacial score (nSPS) is 24.2. The molecule has 1 heterocycles. The standard InChI is InChI=1S/C13H29N3/c1-4-5-7-12(10-14)16(3)11-13-8-6-9-15(13)2/h12-13H,4-11,14H2,1-3H3. The van der Waals surface area contributed by atoms with Gasteiger partial charge in [0, 0.05) is 25.2 Å². The average Bonchev–Trinajstić information content (AvgIpc) is 2.65. The SMILES string of the molecule is CCCCC(CN)N(C)CC1CCCN1C. The van der Waals surface area contributed by atoms with E-state index >= 15 is 0 Å². The van der Waals surface area contributed by atoms with Crippen LogP contribution in [-0.2, 0) is 0 Å². The Bertz CT molecular complexity index is 184. The highest BCUT2D eigenvalue weighted by Gasteiger charge is 2.24. The Morgan fingerprint density at radius 1 is 1.50 bits per heavy atom. The molecule has 1 aliphatic rings. The van der Waals surface area contributed by atoms with Gasteiger partial charge in [0.1, 0.15) is 0 Å². The second-order valence-corrected chi connectivity index (χ2v) is 5.25. The van der Waals surface area contributed by atoms with Crippen LogP contribution in [0.4, 0.5) is 0 Å². The molecule has 1 rings (SSSR count). The molecular formula is C13H29N3. The molecule has 0 radical (unpaired) electrons. The van der Waals surface area contributed by atoms with E-state index in [1.807, 2.05) is 0 Å². The molecule has 0 aliphatic carbocycles. The summed E-state index contributed by atoms with van der Waals surface area (Å²) in [5, 5.41) is 0. The fraction of sp³-hybridized carbons (Fsp3) is 1.00. The van der Waals surface area contributed by atoms with E-state index in [1.54, 1.807) is 0 Å². The lowest BCUT2D eigenvalue weighted by molar-refractivity contribution is 0.171. The summed E-state index contributed by atoms with van der Waals surface area (Å²) in [6, 6.07) is 1.33. The van der Waals surface area contributed by atoms with Crippen molar-refractivity contribution in [3.63, 3.8) is 0 Å². The highest BCUT2D eigenvalue weighted by Crippen LogP contribution is 2.17. The van der Waals surface area contributed by atoms with Crippen molar-refractivity contribution in [3.8, 4) is 0 Å². The second-order valence-electron chi connectivity index (χ2n) is 5.25. The summed E-state index contributed by atoms with van der Waals surface area (Å²) in [6.45, 7) is 5.49. The maximum absolute atomic E-state index is 5.87. The average molecular weight is 227 g/mol. The molecule has 0 saturated carbocycles. The summed E-state index contributed by atoms with van der Waals surface area (Å²) in [5.74, 6) is 0. The van der Waals surface area contributed by atoms with Crippen LogP contribution in [0.1, 0.15) is 39.0 Å². The van der Waals surface area contributed by atoms with Crippen LogP contribution in [0.5, 0.6) is 0 Å². The smallest absolute Gasteiger partial charge is 0.0220 e. The molecule has 2 N–H and O–H groups in total. The molecule has 0 amide bonds. The van der Waals surface area contributed by atoms with Gasteiger partial charge in [-0.15, -0.1) is 0 Å². The maximum Gasteiger partial charge on any atom is 0.0220 e. The van der Waals surface area contributed by atoms with E-state index in [2.05, 4.69) is 30.8 Å². The molecule has 2 unspecified atom stereocenters. The van der Waals surface area contributed by atoms with Crippen molar-refractivity contribution in [2.45, 2.75) is 51.1 Å². The summed E-state index contributed by atoms with van der Waals surface area (Å²) < 4.78 is 0. The van der Waals surface area contributed by atoms with Gasteiger partial charge in [-0.3, -0.25) is 0 Å². The van der Waals surface area contributed by atoms with Crippen molar-refractivity contribution in [2.24, 2.45) is 5.73 Å². The summed E-state index contributed by atoms with van der Waals surface area (Å²) in [5.41, 5.74) is 5.87. The fourth-order valence-electron chi connectivity index (χ4n) is 2.65. The molecule has 0 aromatic heterocycles.